The zero-order valence-corrected chi connectivity index (χ0v) is 10.1. The molecule has 1 amide bonds. The number of nitrogens with two attached hydrogens (primary N) is 1. The number of carbonyl (C=O) groups excluding carboxylic acids is 1. The molecule has 2 rings (SSSR count). The van der Waals surface area contributed by atoms with Crippen molar-refractivity contribution in [2.24, 2.45) is 5.73 Å². The van der Waals surface area contributed by atoms with Crippen molar-refractivity contribution in [1.29, 1.82) is 0 Å². The Kier molecular flexibility index (Phi) is 3.10. The van der Waals surface area contributed by atoms with E-state index in [4.69, 9.17) is 28.9 Å². The van der Waals surface area contributed by atoms with Crippen molar-refractivity contribution in [2.45, 2.75) is 24.8 Å². The van der Waals surface area contributed by atoms with Crippen LogP contribution in [0.2, 0.25) is 10.0 Å². The Morgan fingerprint density at radius 3 is 2.56 bits per heavy atom. The molecule has 5 heteroatoms. The second-order valence-corrected chi connectivity index (χ2v) is 4.93. The van der Waals surface area contributed by atoms with Gasteiger partial charge in [0.05, 0.1) is 16.2 Å². The van der Waals surface area contributed by atoms with Gasteiger partial charge in [-0.2, -0.15) is 0 Å². The SMILES string of the molecule is NC1(C(=O)Nc2ccc(Cl)cc2Cl)CCC1. The molecule has 0 spiro atoms. The van der Waals surface area contributed by atoms with Crippen LogP contribution >= 0.6 is 23.2 Å². The van der Waals surface area contributed by atoms with Crippen LogP contribution in [0.15, 0.2) is 18.2 Å². The molecular formula is C11H12Cl2N2O. The highest BCUT2D eigenvalue weighted by Gasteiger charge is 2.40. The molecule has 0 bridgehead atoms. The first-order chi connectivity index (χ1) is 7.51. The third-order valence-electron chi connectivity index (χ3n) is 2.88. The zero-order valence-electron chi connectivity index (χ0n) is 8.59. The summed E-state index contributed by atoms with van der Waals surface area (Å²) in [5.74, 6) is -0.178. The van der Waals surface area contributed by atoms with E-state index in [1.54, 1.807) is 18.2 Å². The molecule has 0 saturated heterocycles. The fraction of sp³-hybridized carbons (Fsp3) is 0.364. The second-order valence-electron chi connectivity index (χ2n) is 4.09. The first kappa shape index (κ1) is 11.7. The van der Waals surface area contributed by atoms with E-state index < -0.39 is 5.54 Å². The van der Waals surface area contributed by atoms with Crippen molar-refractivity contribution < 1.29 is 4.79 Å². The summed E-state index contributed by atoms with van der Waals surface area (Å²) in [4.78, 5) is 11.8. The Balaban J connectivity index is 2.12. The minimum atomic E-state index is -0.719. The largest absolute Gasteiger partial charge is 0.323 e. The highest BCUT2D eigenvalue weighted by atomic mass is 35.5. The summed E-state index contributed by atoms with van der Waals surface area (Å²) in [6, 6.07) is 4.93. The maximum absolute atomic E-state index is 11.8. The van der Waals surface area contributed by atoms with Crippen molar-refractivity contribution in [3.8, 4) is 0 Å². The molecule has 0 radical (unpaired) electrons. The maximum atomic E-state index is 11.8. The normalized spacial score (nSPS) is 17.7. The molecular weight excluding hydrogens is 247 g/mol. The number of hydrogen-bond acceptors (Lipinski definition) is 2. The van der Waals surface area contributed by atoms with Gasteiger partial charge in [-0.05, 0) is 37.5 Å². The van der Waals surface area contributed by atoms with Crippen LogP contribution < -0.4 is 11.1 Å². The summed E-state index contributed by atoms with van der Waals surface area (Å²) in [5.41, 5.74) is 5.72. The maximum Gasteiger partial charge on any atom is 0.244 e. The average molecular weight is 259 g/mol. The number of rotatable bonds is 2. The lowest BCUT2D eigenvalue weighted by Crippen LogP contribution is -2.56. The van der Waals surface area contributed by atoms with E-state index in [0.717, 1.165) is 19.3 Å². The number of halogens is 2. The molecule has 16 heavy (non-hydrogen) atoms. The third kappa shape index (κ3) is 2.17. The van der Waals surface area contributed by atoms with E-state index in [1.807, 2.05) is 0 Å². The van der Waals surface area contributed by atoms with E-state index in [2.05, 4.69) is 5.32 Å². The van der Waals surface area contributed by atoms with Gasteiger partial charge in [-0.3, -0.25) is 4.79 Å². The van der Waals surface area contributed by atoms with Gasteiger partial charge < -0.3 is 11.1 Å². The summed E-state index contributed by atoms with van der Waals surface area (Å²) in [6.07, 6.45) is 2.45. The molecule has 0 unspecified atom stereocenters. The Bertz CT molecular complexity index is 430. The van der Waals surface area contributed by atoms with Crippen LogP contribution in [-0.2, 0) is 4.79 Å². The van der Waals surface area contributed by atoms with Gasteiger partial charge in [-0.25, -0.2) is 0 Å². The predicted octanol–water partition coefficient (Wildman–Crippen LogP) is 2.81. The first-order valence-corrected chi connectivity index (χ1v) is 5.82. The number of amides is 1. The van der Waals surface area contributed by atoms with Crippen LogP contribution in [0.4, 0.5) is 5.69 Å². The van der Waals surface area contributed by atoms with Gasteiger partial charge in [-0.1, -0.05) is 23.2 Å². The lowest BCUT2D eigenvalue weighted by atomic mass is 9.77. The molecule has 0 aromatic heterocycles. The summed E-state index contributed by atoms with van der Waals surface area (Å²) >= 11 is 11.7. The third-order valence-corrected chi connectivity index (χ3v) is 3.43. The zero-order chi connectivity index (χ0) is 11.8. The Morgan fingerprint density at radius 2 is 2.06 bits per heavy atom. The molecule has 0 heterocycles. The van der Waals surface area contributed by atoms with E-state index in [9.17, 15) is 4.79 Å². The molecule has 3 N–H and O–H groups in total. The average Bonchev–Trinajstić information content (AvgIpc) is 2.18. The van der Waals surface area contributed by atoms with Crippen molar-refractivity contribution in [1.82, 2.24) is 0 Å². The highest BCUT2D eigenvalue weighted by molar-refractivity contribution is 6.36. The van der Waals surface area contributed by atoms with E-state index in [0.29, 0.717) is 15.7 Å². The number of carbonyl (C=O) groups is 1. The second kappa shape index (κ2) is 4.24. The minimum absolute atomic E-state index is 0.178. The molecule has 0 atom stereocenters. The lowest BCUT2D eigenvalue weighted by molar-refractivity contribution is -0.123. The number of nitrogens with one attached hydrogen (secondary N) is 1. The summed E-state index contributed by atoms with van der Waals surface area (Å²) in [5, 5.41) is 3.68. The standard InChI is InChI=1S/C11H12Cl2N2O/c12-7-2-3-9(8(13)6-7)15-10(16)11(14)4-1-5-11/h2-3,6H,1,4-5,14H2,(H,15,16). The Labute approximate surface area is 104 Å². The van der Waals surface area contributed by atoms with Crippen LogP contribution in [-0.4, -0.2) is 11.4 Å². The number of hydrogen-bond donors (Lipinski definition) is 2. The van der Waals surface area contributed by atoms with E-state index in [1.165, 1.54) is 0 Å². The van der Waals surface area contributed by atoms with Crippen molar-refractivity contribution in [3.05, 3.63) is 28.2 Å². The molecule has 1 aromatic rings. The van der Waals surface area contributed by atoms with Gasteiger partial charge in [-0.15, -0.1) is 0 Å². The smallest absolute Gasteiger partial charge is 0.244 e. The molecule has 86 valence electrons. The van der Waals surface area contributed by atoms with Crippen LogP contribution in [0.3, 0.4) is 0 Å². The molecule has 1 aliphatic carbocycles. The number of benzene rings is 1. The van der Waals surface area contributed by atoms with Gasteiger partial charge >= 0.3 is 0 Å². The van der Waals surface area contributed by atoms with Gasteiger partial charge in [0.15, 0.2) is 0 Å². The van der Waals surface area contributed by atoms with Gasteiger partial charge in [0.2, 0.25) is 5.91 Å². The fourth-order valence-corrected chi connectivity index (χ4v) is 2.08. The van der Waals surface area contributed by atoms with Crippen LogP contribution in [0.25, 0.3) is 0 Å². The molecule has 0 aliphatic heterocycles. The summed E-state index contributed by atoms with van der Waals surface area (Å²) < 4.78 is 0. The first-order valence-electron chi connectivity index (χ1n) is 5.07. The predicted molar refractivity (Wildman–Crippen MR) is 65.9 cm³/mol. The van der Waals surface area contributed by atoms with Crippen molar-refractivity contribution >= 4 is 34.8 Å². The molecule has 1 fully saturated rings. The van der Waals surface area contributed by atoms with E-state index >= 15 is 0 Å². The Morgan fingerprint density at radius 1 is 1.38 bits per heavy atom. The van der Waals surface area contributed by atoms with Crippen molar-refractivity contribution in [3.63, 3.8) is 0 Å². The molecule has 3 nitrogen and oxygen atoms in total. The van der Waals surface area contributed by atoms with Crippen molar-refractivity contribution in [2.75, 3.05) is 5.32 Å². The monoisotopic (exact) mass is 258 g/mol. The highest BCUT2D eigenvalue weighted by Crippen LogP contribution is 2.32. The summed E-state index contributed by atoms with van der Waals surface area (Å²) in [6.45, 7) is 0. The fourth-order valence-electron chi connectivity index (χ4n) is 1.62. The molecule has 1 aromatic carbocycles. The van der Waals surface area contributed by atoms with Gasteiger partial charge in [0.1, 0.15) is 0 Å². The lowest BCUT2D eigenvalue weighted by Gasteiger charge is -2.36. The van der Waals surface area contributed by atoms with Crippen LogP contribution in [0, 0.1) is 0 Å². The van der Waals surface area contributed by atoms with E-state index in [-0.39, 0.29) is 5.91 Å². The quantitative estimate of drug-likeness (QED) is 0.858. The summed E-state index contributed by atoms with van der Waals surface area (Å²) in [7, 11) is 0. The van der Waals surface area contributed by atoms with Gasteiger partial charge in [0, 0.05) is 5.02 Å². The molecule has 1 aliphatic rings. The van der Waals surface area contributed by atoms with Crippen LogP contribution in [0.1, 0.15) is 19.3 Å². The Hall–Kier alpha value is -0.770. The van der Waals surface area contributed by atoms with Gasteiger partial charge in [0.25, 0.3) is 0 Å². The topological polar surface area (TPSA) is 55.1 Å². The van der Waals surface area contributed by atoms with Crippen LogP contribution in [0.5, 0.6) is 0 Å². The minimum Gasteiger partial charge on any atom is -0.323 e. The molecule has 1 saturated carbocycles. The number of anilines is 1.